The average molecular weight is 283 g/mol. The third-order valence-electron chi connectivity index (χ3n) is 2.88. The summed E-state index contributed by atoms with van der Waals surface area (Å²) in [4.78, 5) is 24.2. The van der Waals surface area contributed by atoms with E-state index in [0.717, 1.165) is 6.42 Å². The molecule has 1 aromatic rings. The molecule has 2 N–H and O–H groups in total. The number of aromatic nitrogens is 3. The van der Waals surface area contributed by atoms with Crippen LogP contribution in [0.4, 0.5) is 4.79 Å². The topological polar surface area (TPSA) is 110 Å². The van der Waals surface area contributed by atoms with Crippen molar-refractivity contribution in [3.63, 3.8) is 0 Å². The van der Waals surface area contributed by atoms with E-state index in [1.807, 2.05) is 0 Å². The minimum absolute atomic E-state index is 0.110. The second-order valence-corrected chi connectivity index (χ2v) is 4.36. The smallest absolute Gasteiger partial charge is 0.358 e. The monoisotopic (exact) mass is 283 g/mol. The van der Waals surface area contributed by atoms with Crippen LogP contribution in [0.25, 0.3) is 0 Å². The number of hydrogen-bond donors (Lipinski definition) is 2. The van der Waals surface area contributed by atoms with E-state index in [-0.39, 0.29) is 11.7 Å². The van der Waals surface area contributed by atoms with Crippen LogP contribution in [-0.2, 0) is 11.3 Å². The van der Waals surface area contributed by atoms with Gasteiger partial charge in [0.2, 0.25) is 0 Å². The Morgan fingerprint density at radius 2 is 2.25 bits per heavy atom. The van der Waals surface area contributed by atoms with E-state index >= 15 is 0 Å². The van der Waals surface area contributed by atoms with Gasteiger partial charge in [0, 0.05) is 26.2 Å². The van der Waals surface area contributed by atoms with Crippen LogP contribution in [0.1, 0.15) is 16.9 Å². The first-order valence-corrected chi connectivity index (χ1v) is 6.41. The second-order valence-electron chi connectivity index (χ2n) is 4.36. The molecule has 0 bridgehead atoms. The molecule has 0 spiro atoms. The van der Waals surface area contributed by atoms with E-state index in [4.69, 9.17) is 9.84 Å². The number of urea groups is 1. The zero-order chi connectivity index (χ0) is 14.4. The standard InChI is InChI=1S/C11H17N5O4/c17-10(18)9-8-16(14-13-9)4-2-12-11(19)15-3-1-6-20-7-5-15/h8H,1-7H2,(H,12,19)(H,17,18). The lowest BCUT2D eigenvalue weighted by Gasteiger charge is -2.19. The first kappa shape index (κ1) is 14.3. The summed E-state index contributed by atoms with van der Waals surface area (Å²) in [6, 6.07) is -0.144. The van der Waals surface area contributed by atoms with Crippen LogP contribution in [0.15, 0.2) is 6.20 Å². The second kappa shape index (κ2) is 6.85. The molecule has 0 saturated carbocycles. The van der Waals surface area contributed by atoms with Crippen LogP contribution < -0.4 is 5.32 Å². The zero-order valence-electron chi connectivity index (χ0n) is 11.0. The van der Waals surface area contributed by atoms with E-state index in [1.165, 1.54) is 10.9 Å². The first-order chi connectivity index (χ1) is 9.66. The molecule has 1 aromatic heterocycles. The lowest BCUT2D eigenvalue weighted by molar-refractivity contribution is 0.0690. The van der Waals surface area contributed by atoms with E-state index in [9.17, 15) is 9.59 Å². The average Bonchev–Trinajstić information content (AvgIpc) is 2.73. The molecule has 9 nitrogen and oxygen atoms in total. The number of carbonyl (C=O) groups is 2. The van der Waals surface area contributed by atoms with Crippen molar-refractivity contribution in [3.8, 4) is 0 Å². The predicted octanol–water partition coefficient (Wildman–Crippen LogP) is -0.592. The van der Waals surface area contributed by atoms with Crippen molar-refractivity contribution in [1.82, 2.24) is 25.2 Å². The molecule has 0 aromatic carbocycles. The third-order valence-corrected chi connectivity index (χ3v) is 2.88. The van der Waals surface area contributed by atoms with Crippen LogP contribution in [0.5, 0.6) is 0 Å². The van der Waals surface area contributed by atoms with E-state index in [2.05, 4.69) is 15.6 Å². The van der Waals surface area contributed by atoms with Gasteiger partial charge in [-0.15, -0.1) is 5.10 Å². The van der Waals surface area contributed by atoms with Crippen molar-refractivity contribution < 1.29 is 19.4 Å². The summed E-state index contributed by atoms with van der Waals surface area (Å²) >= 11 is 0. The Labute approximate surface area is 115 Å². The van der Waals surface area contributed by atoms with Gasteiger partial charge < -0.3 is 20.1 Å². The Bertz CT molecular complexity index is 467. The van der Waals surface area contributed by atoms with Crippen molar-refractivity contribution in [3.05, 3.63) is 11.9 Å². The number of carboxylic acids is 1. The molecule has 0 atom stereocenters. The van der Waals surface area contributed by atoms with Crippen molar-refractivity contribution in [1.29, 1.82) is 0 Å². The lowest BCUT2D eigenvalue weighted by atomic mass is 10.4. The first-order valence-electron chi connectivity index (χ1n) is 6.41. The summed E-state index contributed by atoms with van der Waals surface area (Å²) < 4.78 is 6.66. The Balaban J connectivity index is 1.74. The highest BCUT2D eigenvalue weighted by Crippen LogP contribution is 1.99. The number of nitrogens with one attached hydrogen (secondary N) is 1. The highest BCUT2D eigenvalue weighted by molar-refractivity contribution is 5.84. The fraction of sp³-hybridized carbons (Fsp3) is 0.636. The van der Waals surface area contributed by atoms with Crippen molar-refractivity contribution in [2.45, 2.75) is 13.0 Å². The van der Waals surface area contributed by atoms with Gasteiger partial charge in [-0.05, 0) is 6.42 Å². The number of aromatic carboxylic acids is 1. The molecule has 2 rings (SSSR count). The van der Waals surface area contributed by atoms with Gasteiger partial charge in [-0.25, -0.2) is 14.3 Å². The van der Waals surface area contributed by atoms with Crippen LogP contribution in [0, 0.1) is 0 Å². The Morgan fingerprint density at radius 1 is 1.40 bits per heavy atom. The highest BCUT2D eigenvalue weighted by atomic mass is 16.5. The van der Waals surface area contributed by atoms with Gasteiger partial charge >= 0.3 is 12.0 Å². The maximum atomic E-state index is 11.9. The summed E-state index contributed by atoms with van der Waals surface area (Å²) in [5, 5.41) is 18.6. The Kier molecular flexibility index (Phi) is 4.88. The molecule has 110 valence electrons. The van der Waals surface area contributed by atoms with E-state index < -0.39 is 5.97 Å². The fourth-order valence-corrected chi connectivity index (χ4v) is 1.84. The number of nitrogens with zero attached hydrogens (tertiary/aromatic N) is 4. The molecule has 0 radical (unpaired) electrons. The van der Waals surface area contributed by atoms with Gasteiger partial charge in [-0.2, -0.15) is 0 Å². The molecule has 0 aliphatic carbocycles. The van der Waals surface area contributed by atoms with Crippen molar-refractivity contribution >= 4 is 12.0 Å². The minimum Gasteiger partial charge on any atom is -0.476 e. The zero-order valence-corrected chi connectivity index (χ0v) is 11.0. The number of ether oxygens (including phenoxy) is 1. The third kappa shape index (κ3) is 3.92. The van der Waals surface area contributed by atoms with Gasteiger partial charge in [-0.3, -0.25) is 0 Å². The summed E-state index contributed by atoms with van der Waals surface area (Å²) in [5.74, 6) is -1.12. The van der Waals surface area contributed by atoms with Gasteiger partial charge in [0.25, 0.3) is 0 Å². The molecular formula is C11H17N5O4. The number of carbonyl (C=O) groups excluding carboxylic acids is 1. The highest BCUT2D eigenvalue weighted by Gasteiger charge is 2.15. The Hall–Kier alpha value is -2.16. The molecule has 9 heteroatoms. The molecule has 1 fully saturated rings. The molecule has 2 amide bonds. The number of rotatable bonds is 4. The quantitative estimate of drug-likeness (QED) is 0.764. The van der Waals surface area contributed by atoms with Gasteiger partial charge in [0.15, 0.2) is 5.69 Å². The molecular weight excluding hydrogens is 266 g/mol. The minimum atomic E-state index is -1.12. The van der Waals surface area contributed by atoms with Crippen molar-refractivity contribution in [2.75, 3.05) is 32.8 Å². The summed E-state index contributed by atoms with van der Waals surface area (Å²) in [6.07, 6.45) is 2.16. The molecule has 1 saturated heterocycles. The summed E-state index contributed by atoms with van der Waals surface area (Å²) in [6.45, 7) is 3.23. The van der Waals surface area contributed by atoms with Crippen molar-refractivity contribution in [2.24, 2.45) is 0 Å². The molecule has 20 heavy (non-hydrogen) atoms. The van der Waals surface area contributed by atoms with E-state index in [1.54, 1.807) is 4.90 Å². The summed E-state index contributed by atoms with van der Waals surface area (Å²) in [5.41, 5.74) is -0.110. The predicted molar refractivity (Wildman–Crippen MR) is 67.4 cm³/mol. The molecule has 0 unspecified atom stereocenters. The van der Waals surface area contributed by atoms with Crippen LogP contribution >= 0.6 is 0 Å². The fourth-order valence-electron chi connectivity index (χ4n) is 1.84. The molecule has 2 heterocycles. The Morgan fingerprint density at radius 3 is 3.00 bits per heavy atom. The van der Waals surface area contributed by atoms with Gasteiger partial charge in [0.05, 0.1) is 19.3 Å². The molecule has 1 aliphatic rings. The van der Waals surface area contributed by atoms with Crippen LogP contribution in [-0.4, -0.2) is 69.8 Å². The lowest BCUT2D eigenvalue weighted by Crippen LogP contribution is -2.42. The maximum Gasteiger partial charge on any atom is 0.358 e. The van der Waals surface area contributed by atoms with Gasteiger partial charge in [-0.1, -0.05) is 5.21 Å². The maximum absolute atomic E-state index is 11.9. The summed E-state index contributed by atoms with van der Waals surface area (Å²) in [7, 11) is 0. The van der Waals surface area contributed by atoms with E-state index in [0.29, 0.717) is 39.4 Å². The van der Waals surface area contributed by atoms with Gasteiger partial charge in [0.1, 0.15) is 0 Å². The normalized spacial score (nSPS) is 15.7. The number of hydrogen-bond acceptors (Lipinski definition) is 5. The number of carboxylic acid groups (broad SMARTS) is 1. The van der Waals surface area contributed by atoms with Crippen LogP contribution in [0.2, 0.25) is 0 Å². The number of amides is 2. The van der Waals surface area contributed by atoms with Crippen LogP contribution in [0.3, 0.4) is 0 Å². The molecule has 1 aliphatic heterocycles. The largest absolute Gasteiger partial charge is 0.476 e. The SMILES string of the molecule is O=C(O)c1cn(CCNC(=O)N2CCCOCC2)nn1.